The second kappa shape index (κ2) is 8.17. The van der Waals surface area contributed by atoms with E-state index in [0.29, 0.717) is 22.9 Å². The Balaban J connectivity index is 1.38. The van der Waals surface area contributed by atoms with Crippen molar-refractivity contribution in [2.24, 2.45) is 0 Å². The zero-order chi connectivity index (χ0) is 18.6. The Morgan fingerprint density at radius 1 is 1.26 bits per heavy atom. The summed E-state index contributed by atoms with van der Waals surface area (Å²) in [6.07, 6.45) is 8.93. The van der Waals surface area contributed by atoms with Crippen molar-refractivity contribution >= 4 is 17.7 Å². The first-order valence-corrected chi connectivity index (χ1v) is 10.3. The lowest BCUT2D eigenvalue weighted by Crippen LogP contribution is -2.34. The third-order valence-corrected chi connectivity index (χ3v) is 5.62. The molecule has 0 radical (unpaired) electrons. The van der Waals surface area contributed by atoms with Crippen LogP contribution in [0.5, 0.6) is 5.75 Å². The van der Waals surface area contributed by atoms with Gasteiger partial charge in [-0.05, 0) is 62.8 Å². The van der Waals surface area contributed by atoms with Gasteiger partial charge in [0.25, 0.3) is 5.22 Å². The molecule has 0 spiro atoms. The summed E-state index contributed by atoms with van der Waals surface area (Å²) >= 11 is 1.31. The highest BCUT2D eigenvalue weighted by Crippen LogP contribution is 2.34. The van der Waals surface area contributed by atoms with Gasteiger partial charge in [-0.2, -0.15) is 0 Å². The fraction of sp³-hybridized carbons (Fsp3) is 0.450. The number of hydrogen-bond acceptors (Lipinski definition) is 6. The molecule has 1 saturated carbocycles. The van der Waals surface area contributed by atoms with Crippen LogP contribution in [0.1, 0.15) is 38.5 Å². The molecule has 4 rings (SSSR count). The molecule has 1 amide bonds. The summed E-state index contributed by atoms with van der Waals surface area (Å²) in [6.45, 7) is 0. The lowest BCUT2D eigenvalue weighted by Gasteiger charge is -2.27. The maximum Gasteiger partial charge on any atom is 0.277 e. The van der Waals surface area contributed by atoms with Crippen molar-refractivity contribution in [3.8, 4) is 17.2 Å². The molecule has 1 aromatic carbocycles. The van der Waals surface area contributed by atoms with Crippen molar-refractivity contribution in [2.45, 2.75) is 49.8 Å². The predicted octanol–water partition coefficient (Wildman–Crippen LogP) is 4.29. The van der Waals surface area contributed by atoms with Crippen molar-refractivity contribution in [3.05, 3.63) is 36.0 Å². The van der Waals surface area contributed by atoms with Gasteiger partial charge in [-0.15, -0.1) is 10.2 Å². The highest BCUT2D eigenvalue weighted by Gasteiger charge is 2.35. The van der Waals surface area contributed by atoms with E-state index in [1.165, 1.54) is 30.3 Å². The molecule has 0 aliphatic heterocycles. The van der Waals surface area contributed by atoms with E-state index in [0.717, 1.165) is 37.0 Å². The highest BCUT2D eigenvalue weighted by atomic mass is 32.2. The van der Waals surface area contributed by atoms with Crippen molar-refractivity contribution in [1.82, 2.24) is 15.1 Å². The maximum absolute atomic E-state index is 12.8. The van der Waals surface area contributed by atoms with Crippen molar-refractivity contribution < 1.29 is 13.9 Å². The summed E-state index contributed by atoms with van der Waals surface area (Å²) in [5.74, 6) is 1.68. The number of allylic oxidation sites excluding steroid dienone is 2. The van der Waals surface area contributed by atoms with Crippen LogP contribution >= 0.6 is 11.8 Å². The first-order chi connectivity index (χ1) is 13.2. The third-order valence-electron chi connectivity index (χ3n) is 4.82. The number of rotatable bonds is 7. The van der Waals surface area contributed by atoms with E-state index in [4.69, 9.17) is 9.15 Å². The molecular formula is C20H23N3O3S. The summed E-state index contributed by atoms with van der Waals surface area (Å²) in [5, 5.41) is 8.58. The number of nitrogens with zero attached hydrogens (tertiary/aromatic N) is 3. The van der Waals surface area contributed by atoms with E-state index in [9.17, 15) is 4.79 Å². The second-order valence-corrected chi connectivity index (χ2v) is 7.75. The molecule has 0 bridgehead atoms. The molecule has 2 aliphatic rings. The number of amides is 1. The molecule has 0 atom stereocenters. The molecule has 142 valence electrons. The van der Waals surface area contributed by atoms with Gasteiger partial charge in [0.1, 0.15) is 5.75 Å². The van der Waals surface area contributed by atoms with E-state index in [1.807, 2.05) is 29.2 Å². The quantitative estimate of drug-likeness (QED) is 0.663. The van der Waals surface area contributed by atoms with E-state index in [-0.39, 0.29) is 5.91 Å². The minimum atomic E-state index is 0.139. The van der Waals surface area contributed by atoms with Crippen LogP contribution in [0, 0.1) is 0 Å². The normalized spacial score (nSPS) is 16.7. The smallest absolute Gasteiger partial charge is 0.277 e. The van der Waals surface area contributed by atoms with Crippen LogP contribution in [0.2, 0.25) is 0 Å². The Bertz CT molecular complexity index is 827. The largest absolute Gasteiger partial charge is 0.497 e. The molecule has 0 unspecified atom stereocenters. The minimum Gasteiger partial charge on any atom is -0.497 e. The molecule has 27 heavy (non-hydrogen) atoms. The number of ether oxygens (including phenoxy) is 1. The van der Waals surface area contributed by atoms with Crippen molar-refractivity contribution in [2.75, 3.05) is 12.9 Å². The maximum atomic E-state index is 12.8. The van der Waals surface area contributed by atoms with Crippen LogP contribution < -0.4 is 4.74 Å². The Hall–Kier alpha value is -2.28. The zero-order valence-corrected chi connectivity index (χ0v) is 16.2. The molecule has 2 aromatic rings. The standard InChI is InChI=1S/C20H23N3O3S/c1-25-17-11-7-14(8-12-17)19-21-22-20(26-19)27-13-18(24)23(16-9-10-16)15-5-3-2-4-6-15/h5,7-8,11-12,16H,2-4,6,9-10,13H2,1H3. The number of carbonyl (C=O) groups is 1. The second-order valence-electron chi connectivity index (χ2n) is 6.83. The molecule has 0 N–H and O–H groups in total. The zero-order valence-electron chi connectivity index (χ0n) is 15.4. The summed E-state index contributed by atoms with van der Waals surface area (Å²) in [4.78, 5) is 14.8. The van der Waals surface area contributed by atoms with Crippen LogP contribution in [0.15, 0.2) is 45.7 Å². The lowest BCUT2D eigenvalue weighted by molar-refractivity contribution is -0.127. The average Bonchev–Trinajstić information content (AvgIpc) is 3.43. The van der Waals surface area contributed by atoms with Gasteiger partial charge in [0, 0.05) is 17.3 Å². The molecule has 1 heterocycles. The van der Waals surface area contributed by atoms with Gasteiger partial charge in [0.15, 0.2) is 0 Å². The molecule has 0 saturated heterocycles. The van der Waals surface area contributed by atoms with Gasteiger partial charge in [-0.25, -0.2) is 0 Å². The van der Waals surface area contributed by atoms with Gasteiger partial charge in [0.05, 0.1) is 12.9 Å². The molecule has 1 aromatic heterocycles. The molecule has 1 fully saturated rings. The Labute approximate surface area is 163 Å². The summed E-state index contributed by atoms with van der Waals surface area (Å²) in [5.41, 5.74) is 2.03. The van der Waals surface area contributed by atoms with E-state index in [2.05, 4.69) is 16.3 Å². The summed E-state index contributed by atoms with van der Waals surface area (Å²) in [7, 11) is 1.63. The Morgan fingerprint density at radius 2 is 2.07 bits per heavy atom. The molecular weight excluding hydrogens is 362 g/mol. The summed E-state index contributed by atoms with van der Waals surface area (Å²) in [6, 6.07) is 7.83. The molecule has 6 nitrogen and oxygen atoms in total. The van der Waals surface area contributed by atoms with Gasteiger partial charge >= 0.3 is 0 Å². The van der Waals surface area contributed by atoms with Gasteiger partial charge < -0.3 is 14.1 Å². The van der Waals surface area contributed by atoms with Gasteiger partial charge in [-0.1, -0.05) is 17.8 Å². The van der Waals surface area contributed by atoms with Crippen LogP contribution in [0.25, 0.3) is 11.5 Å². The minimum absolute atomic E-state index is 0.139. The fourth-order valence-corrected chi connectivity index (χ4v) is 3.90. The molecule has 7 heteroatoms. The lowest BCUT2D eigenvalue weighted by atomic mass is 10.0. The van der Waals surface area contributed by atoms with Crippen LogP contribution in [-0.4, -0.2) is 39.9 Å². The average molecular weight is 385 g/mol. The van der Waals surface area contributed by atoms with Crippen LogP contribution in [0.4, 0.5) is 0 Å². The number of thioether (sulfide) groups is 1. The van der Waals surface area contributed by atoms with Crippen molar-refractivity contribution in [1.29, 1.82) is 0 Å². The highest BCUT2D eigenvalue weighted by molar-refractivity contribution is 7.99. The topological polar surface area (TPSA) is 68.5 Å². The van der Waals surface area contributed by atoms with E-state index >= 15 is 0 Å². The van der Waals surface area contributed by atoms with Gasteiger partial charge in [0.2, 0.25) is 11.8 Å². The fourth-order valence-electron chi connectivity index (χ4n) is 3.28. The number of methoxy groups -OCH3 is 1. The molecule has 2 aliphatic carbocycles. The number of aromatic nitrogens is 2. The first kappa shape index (κ1) is 18.1. The number of benzene rings is 1. The number of carbonyl (C=O) groups excluding carboxylic acids is 1. The Morgan fingerprint density at radius 3 is 2.74 bits per heavy atom. The summed E-state index contributed by atoms with van der Waals surface area (Å²) < 4.78 is 10.9. The van der Waals surface area contributed by atoms with Crippen molar-refractivity contribution in [3.63, 3.8) is 0 Å². The first-order valence-electron chi connectivity index (χ1n) is 9.36. The van der Waals surface area contributed by atoms with Gasteiger partial charge in [-0.3, -0.25) is 4.79 Å². The number of hydrogen-bond donors (Lipinski definition) is 0. The monoisotopic (exact) mass is 385 g/mol. The van der Waals surface area contributed by atoms with E-state index < -0.39 is 0 Å². The van der Waals surface area contributed by atoms with E-state index in [1.54, 1.807) is 7.11 Å². The predicted molar refractivity (Wildman–Crippen MR) is 103 cm³/mol. The third kappa shape index (κ3) is 4.35. The van der Waals surface area contributed by atoms with Crippen LogP contribution in [0.3, 0.4) is 0 Å². The Kier molecular flexibility index (Phi) is 5.48. The SMILES string of the molecule is COc1ccc(-c2nnc(SCC(=O)N(C3=CCCCC3)C3CC3)o2)cc1. The van der Waals surface area contributed by atoms with Crippen LogP contribution in [-0.2, 0) is 4.79 Å².